The van der Waals surface area contributed by atoms with Crippen molar-refractivity contribution in [1.82, 2.24) is 10.2 Å². The highest BCUT2D eigenvalue weighted by Gasteiger charge is 2.33. The van der Waals surface area contributed by atoms with E-state index in [1.165, 1.54) is 5.69 Å². The number of para-hydroxylation sites is 1. The molecule has 30 heavy (non-hydrogen) atoms. The second kappa shape index (κ2) is 9.18. The fourth-order valence-corrected chi connectivity index (χ4v) is 5.59. The number of nitrogens with zero attached hydrogens (tertiary/aromatic N) is 2. The van der Waals surface area contributed by atoms with Crippen LogP contribution < -0.4 is 10.2 Å². The lowest BCUT2D eigenvalue weighted by molar-refractivity contribution is -0.126. The lowest BCUT2D eigenvalue weighted by Crippen LogP contribution is -2.48. The summed E-state index contributed by atoms with van der Waals surface area (Å²) < 4.78 is 23.7. The second-order valence-electron chi connectivity index (χ2n) is 8.18. The van der Waals surface area contributed by atoms with Crippen molar-refractivity contribution in [2.24, 2.45) is 5.92 Å². The Hall–Kier alpha value is -2.38. The predicted molar refractivity (Wildman–Crippen MR) is 119 cm³/mol. The smallest absolute Gasteiger partial charge is 0.241 e. The molecule has 2 aromatic carbocycles. The molecule has 2 aliphatic heterocycles. The Labute approximate surface area is 178 Å². The van der Waals surface area contributed by atoms with E-state index < -0.39 is 15.9 Å². The highest BCUT2D eigenvalue weighted by atomic mass is 32.2. The Balaban J connectivity index is 1.39. The van der Waals surface area contributed by atoms with Crippen molar-refractivity contribution < 1.29 is 13.2 Å². The van der Waals surface area contributed by atoms with Gasteiger partial charge in [0.05, 0.1) is 11.5 Å². The summed E-state index contributed by atoms with van der Waals surface area (Å²) in [5.41, 5.74) is 2.13. The highest BCUT2D eigenvalue weighted by molar-refractivity contribution is 7.91. The molecule has 0 aromatic heterocycles. The Morgan fingerprint density at radius 2 is 1.60 bits per heavy atom. The number of hydrogen-bond acceptors (Lipinski definition) is 5. The normalized spacial score (nSPS) is 22.5. The first-order valence-corrected chi connectivity index (χ1v) is 12.4. The van der Waals surface area contributed by atoms with Gasteiger partial charge < -0.3 is 10.2 Å². The largest absolute Gasteiger partial charge is 0.371 e. The van der Waals surface area contributed by atoms with Crippen molar-refractivity contribution in [2.75, 3.05) is 49.1 Å². The third-order valence-corrected chi connectivity index (χ3v) is 7.69. The Kier molecular flexibility index (Phi) is 6.39. The Morgan fingerprint density at radius 3 is 2.27 bits per heavy atom. The maximum atomic E-state index is 13.2. The zero-order valence-electron chi connectivity index (χ0n) is 17.1. The lowest BCUT2D eigenvalue weighted by atomic mass is 10.0. The van der Waals surface area contributed by atoms with Gasteiger partial charge in [0.1, 0.15) is 6.04 Å². The van der Waals surface area contributed by atoms with E-state index in [4.69, 9.17) is 0 Å². The number of amides is 1. The van der Waals surface area contributed by atoms with Crippen LogP contribution in [0.15, 0.2) is 60.7 Å². The van der Waals surface area contributed by atoms with Crippen molar-refractivity contribution in [1.29, 1.82) is 0 Å². The second-order valence-corrected chi connectivity index (χ2v) is 10.5. The molecule has 0 bridgehead atoms. The molecule has 2 unspecified atom stereocenters. The van der Waals surface area contributed by atoms with Crippen molar-refractivity contribution in [3.05, 3.63) is 66.2 Å². The van der Waals surface area contributed by atoms with Gasteiger partial charge in [-0.2, -0.15) is 0 Å². The first-order valence-electron chi connectivity index (χ1n) is 10.6. The van der Waals surface area contributed by atoms with Gasteiger partial charge in [-0.15, -0.1) is 0 Å². The van der Waals surface area contributed by atoms with Crippen LogP contribution in [-0.4, -0.2) is 63.5 Å². The van der Waals surface area contributed by atoms with Crippen LogP contribution in [0.5, 0.6) is 0 Å². The number of carbonyl (C=O) groups excluding carboxylic acids is 1. The van der Waals surface area contributed by atoms with Crippen molar-refractivity contribution in [3.63, 3.8) is 0 Å². The van der Waals surface area contributed by atoms with Gasteiger partial charge in [-0.3, -0.25) is 9.69 Å². The van der Waals surface area contributed by atoms with E-state index in [1.807, 2.05) is 53.4 Å². The van der Waals surface area contributed by atoms with Crippen LogP contribution in [0.3, 0.4) is 0 Å². The summed E-state index contributed by atoms with van der Waals surface area (Å²) in [6.45, 7) is 3.34. The standard InChI is InChI=1S/C23H29N3O3S/c27-23(24-17-19-11-12-26(18-19)21-9-5-2-6-10-21)22(20-7-3-1-4-8-20)25-13-15-30(28,29)16-14-25/h1-10,19,22H,11-18H2,(H,24,27). The predicted octanol–water partition coefficient (Wildman–Crippen LogP) is 2.10. The van der Waals surface area contributed by atoms with Crippen molar-refractivity contribution in [3.8, 4) is 0 Å². The van der Waals surface area contributed by atoms with E-state index in [9.17, 15) is 13.2 Å². The zero-order chi connectivity index (χ0) is 21.0. The molecule has 2 aliphatic rings. The minimum atomic E-state index is -2.99. The van der Waals surface area contributed by atoms with Crippen LogP contribution in [0.1, 0.15) is 18.0 Å². The topological polar surface area (TPSA) is 69.7 Å². The molecule has 0 radical (unpaired) electrons. The first kappa shape index (κ1) is 20.9. The van der Waals surface area contributed by atoms with Crippen LogP contribution in [0.2, 0.25) is 0 Å². The van der Waals surface area contributed by atoms with E-state index in [0.29, 0.717) is 25.6 Å². The minimum absolute atomic E-state index is 0.0429. The van der Waals surface area contributed by atoms with Crippen LogP contribution in [0, 0.1) is 5.92 Å². The molecule has 1 N–H and O–H groups in total. The first-order chi connectivity index (χ1) is 14.5. The average Bonchev–Trinajstić information content (AvgIpc) is 3.24. The molecule has 160 valence electrons. The molecule has 2 fully saturated rings. The summed E-state index contributed by atoms with van der Waals surface area (Å²) in [4.78, 5) is 17.6. The molecule has 2 atom stereocenters. The molecule has 2 aromatic rings. The van der Waals surface area contributed by atoms with Gasteiger partial charge >= 0.3 is 0 Å². The Morgan fingerprint density at radius 1 is 0.967 bits per heavy atom. The third kappa shape index (κ3) is 5.02. The molecule has 1 amide bonds. The number of benzene rings is 2. The van der Waals surface area contributed by atoms with Gasteiger partial charge in [0, 0.05) is 38.4 Å². The van der Waals surface area contributed by atoms with Crippen molar-refractivity contribution in [2.45, 2.75) is 12.5 Å². The van der Waals surface area contributed by atoms with Crippen LogP contribution >= 0.6 is 0 Å². The number of nitrogens with one attached hydrogen (secondary N) is 1. The molecule has 4 rings (SSSR count). The number of carbonyl (C=O) groups is 1. The number of anilines is 1. The van der Waals surface area contributed by atoms with Gasteiger partial charge in [0.25, 0.3) is 0 Å². The Bertz CT molecular complexity index is 936. The monoisotopic (exact) mass is 427 g/mol. The summed E-state index contributed by atoms with van der Waals surface area (Å²) in [6.07, 6.45) is 1.05. The zero-order valence-corrected chi connectivity index (χ0v) is 17.9. The summed E-state index contributed by atoms with van der Waals surface area (Å²) in [5, 5.41) is 3.16. The molecule has 0 spiro atoms. The summed E-state index contributed by atoms with van der Waals surface area (Å²) in [6, 6.07) is 19.6. The molecule has 2 saturated heterocycles. The fraction of sp³-hybridized carbons (Fsp3) is 0.435. The van der Waals surface area contributed by atoms with Gasteiger partial charge in [-0.05, 0) is 30.0 Å². The quantitative estimate of drug-likeness (QED) is 0.765. The lowest BCUT2D eigenvalue weighted by Gasteiger charge is -2.34. The van der Waals surface area contributed by atoms with Gasteiger partial charge in [0.2, 0.25) is 5.91 Å². The third-order valence-electron chi connectivity index (χ3n) is 6.08. The molecular formula is C23H29N3O3S. The van der Waals surface area contributed by atoms with Crippen LogP contribution in [0.25, 0.3) is 0 Å². The molecule has 0 saturated carbocycles. The number of hydrogen-bond donors (Lipinski definition) is 1. The van der Waals surface area contributed by atoms with Gasteiger partial charge in [-0.1, -0.05) is 48.5 Å². The molecule has 6 nitrogen and oxygen atoms in total. The summed E-state index contributed by atoms with van der Waals surface area (Å²) in [7, 11) is -2.99. The minimum Gasteiger partial charge on any atom is -0.371 e. The fourth-order valence-electron chi connectivity index (χ4n) is 4.36. The van der Waals surface area contributed by atoms with E-state index in [1.54, 1.807) is 0 Å². The maximum absolute atomic E-state index is 13.2. The van der Waals surface area contributed by atoms with E-state index >= 15 is 0 Å². The molecule has 0 aliphatic carbocycles. The molecule has 2 heterocycles. The van der Waals surface area contributed by atoms with E-state index in [-0.39, 0.29) is 17.4 Å². The molecular weight excluding hydrogens is 398 g/mol. The van der Waals surface area contributed by atoms with Gasteiger partial charge in [-0.25, -0.2) is 8.42 Å². The summed E-state index contributed by atoms with van der Waals surface area (Å²) in [5.74, 6) is 0.585. The number of rotatable bonds is 6. The van der Waals surface area contributed by atoms with Crippen molar-refractivity contribution >= 4 is 21.4 Å². The van der Waals surface area contributed by atoms with Gasteiger partial charge in [0.15, 0.2) is 9.84 Å². The van der Waals surface area contributed by atoms with Crippen LogP contribution in [0.4, 0.5) is 5.69 Å². The van der Waals surface area contributed by atoms with E-state index in [2.05, 4.69) is 22.3 Å². The maximum Gasteiger partial charge on any atom is 0.241 e. The summed E-state index contributed by atoms with van der Waals surface area (Å²) >= 11 is 0. The number of sulfone groups is 1. The van der Waals surface area contributed by atoms with E-state index in [0.717, 1.165) is 25.1 Å². The molecule has 7 heteroatoms. The average molecular weight is 428 g/mol. The SMILES string of the molecule is O=C(NCC1CCN(c2ccccc2)C1)C(c1ccccc1)N1CCS(=O)(=O)CC1. The highest BCUT2D eigenvalue weighted by Crippen LogP contribution is 2.25. The van der Waals surface area contributed by atoms with Crippen LogP contribution in [-0.2, 0) is 14.6 Å².